The molecule has 4 aromatic rings. The van der Waals surface area contributed by atoms with Gasteiger partial charge in [-0.2, -0.15) is 5.10 Å². The molecule has 0 unspecified atom stereocenters. The van der Waals surface area contributed by atoms with Crippen molar-refractivity contribution in [2.45, 2.75) is 0 Å². The van der Waals surface area contributed by atoms with E-state index in [2.05, 4.69) is 15.4 Å². The summed E-state index contributed by atoms with van der Waals surface area (Å²) in [6.45, 7) is 0. The van der Waals surface area contributed by atoms with Crippen LogP contribution in [0.1, 0.15) is 10.5 Å². The van der Waals surface area contributed by atoms with E-state index in [9.17, 15) is 4.79 Å². The van der Waals surface area contributed by atoms with E-state index < -0.39 is 0 Å². The van der Waals surface area contributed by atoms with Crippen molar-refractivity contribution in [3.05, 3.63) is 77.9 Å². The van der Waals surface area contributed by atoms with Crippen molar-refractivity contribution in [2.24, 2.45) is 0 Å². The second-order valence-corrected chi connectivity index (χ2v) is 6.56. The molecular weight excluding hydrogens is 360 g/mol. The van der Waals surface area contributed by atoms with Crippen molar-refractivity contribution >= 4 is 22.4 Å². The number of carbonyl (C=O) groups excluding carboxylic acids is 1. The number of nitrogens with zero attached hydrogens (tertiary/aromatic N) is 3. The zero-order valence-electron chi connectivity index (χ0n) is 14.5. The van der Waals surface area contributed by atoms with E-state index in [0.717, 1.165) is 22.7 Å². The third-order valence-electron chi connectivity index (χ3n) is 3.95. The number of anilines is 1. The first kappa shape index (κ1) is 17.0. The Balaban J connectivity index is 1.47. The first-order valence-electron chi connectivity index (χ1n) is 8.25. The van der Waals surface area contributed by atoms with Gasteiger partial charge in [0.15, 0.2) is 10.8 Å². The van der Waals surface area contributed by atoms with Crippen molar-refractivity contribution < 1.29 is 9.53 Å². The van der Waals surface area contributed by atoms with Crippen LogP contribution in [0.5, 0.6) is 5.75 Å². The van der Waals surface area contributed by atoms with Gasteiger partial charge in [0, 0.05) is 17.1 Å². The van der Waals surface area contributed by atoms with Crippen LogP contribution in [0.15, 0.2) is 72.2 Å². The molecule has 0 aliphatic carbocycles. The number of rotatable bonds is 5. The minimum atomic E-state index is -0.295. The average Bonchev–Trinajstić information content (AvgIpc) is 3.39. The summed E-state index contributed by atoms with van der Waals surface area (Å²) in [5, 5.41) is 9.60. The molecule has 0 fully saturated rings. The number of nitrogens with one attached hydrogen (secondary N) is 1. The van der Waals surface area contributed by atoms with Crippen LogP contribution >= 0.6 is 11.3 Å². The van der Waals surface area contributed by atoms with Crippen molar-refractivity contribution in [1.82, 2.24) is 14.8 Å². The lowest BCUT2D eigenvalue weighted by Crippen LogP contribution is -2.13. The SMILES string of the molecule is COc1ccc(-n2ccc(C(=O)Nc3nc(-c4ccccc4)cs3)n2)cc1. The average molecular weight is 376 g/mol. The predicted molar refractivity (Wildman–Crippen MR) is 106 cm³/mol. The molecule has 1 amide bonds. The molecule has 0 aliphatic rings. The second-order valence-electron chi connectivity index (χ2n) is 5.70. The predicted octanol–water partition coefficient (Wildman–Crippen LogP) is 4.26. The minimum absolute atomic E-state index is 0.295. The molecule has 0 atom stereocenters. The van der Waals surface area contributed by atoms with E-state index in [-0.39, 0.29) is 5.91 Å². The van der Waals surface area contributed by atoms with Gasteiger partial charge in [-0.3, -0.25) is 10.1 Å². The zero-order valence-corrected chi connectivity index (χ0v) is 15.3. The molecule has 0 bridgehead atoms. The fourth-order valence-electron chi connectivity index (χ4n) is 2.56. The van der Waals surface area contributed by atoms with E-state index in [1.807, 2.05) is 60.0 Å². The summed E-state index contributed by atoms with van der Waals surface area (Å²) >= 11 is 1.38. The number of amides is 1. The van der Waals surface area contributed by atoms with Crippen LogP contribution in [0.25, 0.3) is 16.9 Å². The number of hydrogen-bond acceptors (Lipinski definition) is 5. The van der Waals surface area contributed by atoms with Crippen LogP contribution in [0.4, 0.5) is 5.13 Å². The van der Waals surface area contributed by atoms with Crippen molar-refractivity contribution in [3.63, 3.8) is 0 Å². The number of carbonyl (C=O) groups is 1. The maximum atomic E-state index is 12.5. The monoisotopic (exact) mass is 376 g/mol. The Kier molecular flexibility index (Phi) is 4.67. The molecule has 0 spiro atoms. The van der Waals surface area contributed by atoms with Gasteiger partial charge in [0.05, 0.1) is 18.5 Å². The molecule has 2 heterocycles. The molecule has 0 radical (unpaired) electrons. The number of benzene rings is 2. The van der Waals surface area contributed by atoms with Gasteiger partial charge in [0.2, 0.25) is 0 Å². The Hall–Kier alpha value is -3.45. The highest BCUT2D eigenvalue weighted by molar-refractivity contribution is 7.14. The summed E-state index contributed by atoms with van der Waals surface area (Å²) in [5.74, 6) is 0.470. The summed E-state index contributed by atoms with van der Waals surface area (Å²) in [6, 6.07) is 18.9. The molecule has 2 aromatic heterocycles. The molecule has 4 rings (SSSR count). The normalized spacial score (nSPS) is 10.6. The van der Waals surface area contributed by atoms with E-state index in [1.54, 1.807) is 24.1 Å². The van der Waals surface area contributed by atoms with Crippen LogP contribution < -0.4 is 10.1 Å². The van der Waals surface area contributed by atoms with Gasteiger partial charge >= 0.3 is 0 Å². The molecule has 0 aliphatic heterocycles. The standard InChI is InChI=1S/C20H16N4O2S/c1-26-16-9-7-15(8-10-16)24-12-11-17(23-24)19(25)22-20-21-18(13-27-20)14-5-3-2-4-6-14/h2-13H,1H3,(H,21,22,25). The highest BCUT2D eigenvalue weighted by atomic mass is 32.1. The van der Waals surface area contributed by atoms with Crippen molar-refractivity contribution in [1.29, 1.82) is 0 Å². The van der Waals surface area contributed by atoms with Gasteiger partial charge < -0.3 is 4.74 Å². The maximum absolute atomic E-state index is 12.5. The third-order valence-corrected chi connectivity index (χ3v) is 4.71. The van der Waals surface area contributed by atoms with Gasteiger partial charge in [0.25, 0.3) is 5.91 Å². The van der Waals surface area contributed by atoms with Gasteiger partial charge in [-0.05, 0) is 30.3 Å². The Morgan fingerprint density at radius 1 is 1.07 bits per heavy atom. The topological polar surface area (TPSA) is 69.0 Å². The fraction of sp³-hybridized carbons (Fsp3) is 0.0500. The maximum Gasteiger partial charge on any atom is 0.277 e. The number of methoxy groups -OCH3 is 1. The molecule has 6 nitrogen and oxygen atoms in total. The number of hydrogen-bond donors (Lipinski definition) is 1. The Bertz CT molecular complexity index is 1060. The van der Waals surface area contributed by atoms with E-state index in [0.29, 0.717) is 10.8 Å². The van der Waals surface area contributed by atoms with Gasteiger partial charge in [-0.1, -0.05) is 30.3 Å². The summed E-state index contributed by atoms with van der Waals surface area (Å²) in [7, 11) is 1.62. The van der Waals surface area contributed by atoms with Gasteiger partial charge in [-0.15, -0.1) is 11.3 Å². The van der Waals surface area contributed by atoms with Gasteiger partial charge in [0.1, 0.15) is 5.75 Å². The first-order chi connectivity index (χ1) is 13.2. The van der Waals surface area contributed by atoms with Gasteiger partial charge in [-0.25, -0.2) is 9.67 Å². The molecule has 7 heteroatoms. The fourth-order valence-corrected chi connectivity index (χ4v) is 3.27. The number of aromatic nitrogens is 3. The van der Waals surface area contributed by atoms with Crippen LogP contribution in [0, 0.1) is 0 Å². The lowest BCUT2D eigenvalue weighted by Gasteiger charge is -2.03. The Morgan fingerprint density at radius 3 is 2.59 bits per heavy atom. The Labute approximate surface area is 160 Å². The van der Waals surface area contributed by atoms with E-state index >= 15 is 0 Å². The van der Waals surface area contributed by atoms with Crippen molar-refractivity contribution in [2.75, 3.05) is 12.4 Å². The van der Waals surface area contributed by atoms with Crippen LogP contribution in [0.2, 0.25) is 0 Å². The summed E-state index contributed by atoms with van der Waals surface area (Å²) in [6.07, 6.45) is 1.74. The first-order valence-corrected chi connectivity index (χ1v) is 9.13. The molecular formula is C20H16N4O2S. The second kappa shape index (κ2) is 7.43. The molecule has 0 saturated heterocycles. The summed E-state index contributed by atoms with van der Waals surface area (Å²) < 4.78 is 6.79. The highest BCUT2D eigenvalue weighted by Crippen LogP contribution is 2.25. The molecule has 134 valence electrons. The smallest absolute Gasteiger partial charge is 0.277 e. The minimum Gasteiger partial charge on any atom is -0.497 e. The lowest BCUT2D eigenvalue weighted by atomic mass is 10.2. The number of thiazole rings is 1. The molecule has 27 heavy (non-hydrogen) atoms. The quantitative estimate of drug-likeness (QED) is 0.565. The highest BCUT2D eigenvalue weighted by Gasteiger charge is 2.13. The zero-order chi connectivity index (χ0) is 18.6. The third kappa shape index (κ3) is 3.73. The largest absolute Gasteiger partial charge is 0.497 e. The van der Waals surface area contributed by atoms with Crippen LogP contribution in [0.3, 0.4) is 0 Å². The van der Waals surface area contributed by atoms with Crippen LogP contribution in [-0.2, 0) is 0 Å². The van der Waals surface area contributed by atoms with E-state index in [1.165, 1.54) is 11.3 Å². The molecule has 0 saturated carbocycles. The Morgan fingerprint density at radius 2 is 1.85 bits per heavy atom. The number of ether oxygens (including phenoxy) is 1. The lowest BCUT2D eigenvalue weighted by molar-refractivity contribution is 0.102. The van der Waals surface area contributed by atoms with Crippen LogP contribution in [-0.4, -0.2) is 27.8 Å². The molecule has 2 aromatic carbocycles. The van der Waals surface area contributed by atoms with E-state index in [4.69, 9.17) is 4.74 Å². The summed E-state index contributed by atoms with van der Waals surface area (Å²) in [5.41, 5.74) is 3.01. The summed E-state index contributed by atoms with van der Waals surface area (Å²) in [4.78, 5) is 16.9. The van der Waals surface area contributed by atoms with Crippen molar-refractivity contribution in [3.8, 4) is 22.7 Å². The molecule has 1 N–H and O–H groups in total.